The number of hydrogen-bond acceptors (Lipinski definition) is 3. The Morgan fingerprint density at radius 2 is 2.26 bits per heavy atom. The molecule has 19 heavy (non-hydrogen) atoms. The standard InChI is InChI=1S/C13H17Cl2N3S/c1-3-16-11(10-6-12(14)19-13(10)15)5-4-9-7-17-18(2)8-9/h6-8,11,16H,3-5H2,1-2H3. The average molecular weight is 318 g/mol. The zero-order valence-electron chi connectivity index (χ0n) is 11.0. The molecule has 0 saturated carbocycles. The molecule has 2 aromatic rings. The van der Waals surface area contributed by atoms with Crippen LogP contribution in [0.15, 0.2) is 18.5 Å². The maximum atomic E-state index is 6.24. The monoisotopic (exact) mass is 317 g/mol. The van der Waals surface area contributed by atoms with E-state index >= 15 is 0 Å². The van der Waals surface area contributed by atoms with Crippen LogP contribution < -0.4 is 5.32 Å². The highest BCUT2D eigenvalue weighted by Crippen LogP contribution is 2.36. The zero-order chi connectivity index (χ0) is 13.8. The number of nitrogens with zero attached hydrogens (tertiary/aromatic N) is 2. The Kier molecular flexibility index (Phi) is 5.28. The Morgan fingerprint density at radius 1 is 1.47 bits per heavy atom. The largest absolute Gasteiger partial charge is 0.310 e. The lowest BCUT2D eigenvalue weighted by molar-refractivity contribution is 0.517. The summed E-state index contributed by atoms with van der Waals surface area (Å²) in [5.41, 5.74) is 2.34. The van der Waals surface area contributed by atoms with Crippen LogP contribution in [-0.4, -0.2) is 16.3 Å². The summed E-state index contributed by atoms with van der Waals surface area (Å²) in [6.45, 7) is 3.00. The number of thiophene rings is 1. The van der Waals surface area contributed by atoms with Gasteiger partial charge in [-0.05, 0) is 31.0 Å². The molecule has 0 spiro atoms. The van der Waals surface area contributed by atoms with Crippen LogP contribution in [0.5, 0.6) is 0 Å². The molecule has 0 radical (unpaired) electrons. The first-order valence-corrected chi connectivity index (χ1v) is 7.83. The van der Waals surface area contributed by atoms with E-state index in [0.717, 1.165) is 33.6 Å². The second kappa shape index (κ2) is 6.75. The van der Waals surface area contributed by atoms with Crippen molar-refractivity contribution in [2.24, 2.45) is 7.05 Å². The molecule has 2 heterocycles. The van der Waals surface area contributed by atoms with E-state index in [1.165, 1.54) is 16.9 Å². The van der Waals surface area contributed by atoms with E-state index in [4.69, 9.17) is 23.2 Å². The van der Waals surface area contributed by atoms with Gasteiger partial charge in [0.05, 0.1) is 14.9 Å². The predicted molar refractivity (Wildman–Crippen MR) is 82.3 cm³/mol. The Labute approximate surface area is 127 Å². The summed E-state index contributed by atoms with van der Waals surface area (Å²) in [4.78, 5) is 0. The molecule has 0 saturated heterocycles. The van der Waals surface area contributed by atoms with Gasteiger partial charge in [0, 0.05) is 24.8 Å². The highest BCUT2D eigenvalue weighted by atomic mass is 35.5. The van der Waals surface area contributed by atoms with E-state index in [9.17, 15) is 0 Å². The predicted octanol–water partition coefficient (Wildman–Crippen LogP) is 4.07. The SMILES string of the molecule is CCNC(CCc1cnn(C)c1)c1cc(Cl)sc1Cl. The minimum atomic E-state index is 0.237. The summed E-state index contributed by atoms with van der Waals surface area (Å²) in [5.74, 6) is 0. The van der Waals surface area contributed by atoms with Gasteiger partial charge in [0.2, 0.25) is 0 Å². The van der Waals surface area contributed by atoms with Crippen LogP contribution in [0.1, 0.15) is 30.5 Å². The van der Waals surface area contributed by atoms with E-state index in [0.29, 0.717) is 0 Å². The van der Waals surface area contributed by atoms with Gasteiger partial charge in [-0.3, -0.25) is 4.68 Å². The minimum absolute atomic E-state index is 0.237. The summed E-state index contributed by atoms with van der Waals surface area (Å²) in [6.07, 6.45) is 5.90. The first kappa shape index (κ1) is 14.9. The molecule has 2 rings (SSSR count). The van der Waals surface area contributed by atoms with Crippen molar-refractivity contribution in [2.75, 3.05) is 6.54 Å². The molecule has 2 aromatic heterocycles. The summed E-state index contributed by atoms with van der Waals surface area (Å²) < 4.78 is 3.35. The van der Waals surface area contributed by atoms with Gasteiger partial charge < -0.3 is 5.32 Å². The van der Waals surface area contributed by atoms with E-state index in [1.54, 1.807) is 0 Å². The number of hydrogen-bond donors (Lipinski definition) is 1. The van der Waals surface area contributed by atoms with Gasteiger partial charge in [-0.25, -0.2) is 0 Å². The summed E-state index contributed by atoms with van der Waals surface area (Å²) in [6, 6.07) is 2.20. The Morgan fingerprint density at radius 3 is 2.79 bits per heavy atom. The second-order valence-corrected chi connectivity index (χ2v) is 6.74. The second-order valence-electron chi connectivity index (χ2n) is 4.45. The van der Waals surface area contributed by atoms with Crippen molar-refractivity contribution in [3.63, 3.8) is 0 Å². The first-order valence-electron chi connectivity index (χ1n) is 6.25. The molecule has 1 unspecified atom stereocenters. The molecule has 0 fully saturated rings. The molecule has 0 aromatic carbocycles. The van der Waals surface area contributed by atoms with Crippen LogP contribution in [0.3, 0.4) is 0 Å². The summed E-state index contributed by atoms with van der Waals surface area (Å²) in [7, 11) is 1.93. The van der Waals surface area contributed by atoms with Crippen LogP contribution in [-0.2, 0) is 13.5 Å². The number of halogens is 2. The fraction of sp³-hybridized carbons (Fsp3) is 0.462. The van der Waals surface area contributed by atoms with E-state index in [1.807, 2.05) is 30.2 Å². The van der Waals surface area contributed by atoms with Crippen LogP contribution in [0.25, 0.3) is 0 Å². The highest BCUT2D eigenvalue weighted by molar-refractivity contribution is 7.20. The highest BCUT2D eigenvalue weighted by Gasteiger charge is 2.17. The van der Waals surface area contributed by atoms with Crippen LogP contribution in [0.2, 0.25) is 8.67 Å². The molecule has 1 N–H and O–H groups in total. The molecule has 0 aliphatic carbocycles. The maximum Gasteiger partial charge on any atom is 0.0991 e. The lowest BCUT2D eigenvalue weighted by Gasteiger charge is -2.17. The maximum absolute atomic E-state index is 6.24. The molecular formula is C13H17Cl2N3S. The Balaban J connectivity index is 2.05. The van der Waals surface area contributed by atoms with Crippen LogP contribution >= 0.6 is 34.5 Å². The Hall–Kier alpha value is -0.550. The lowest BCUT2D eigenvalue weighted by Crippen LogP contribution is -2.21. The fourth-order valence-corrected chi connectivity index (χ4v) is 3.70. The van der Waals surface area contributed by atoms with E-state index in [-0.39, 0.29) is 6.04 Å². The number of aromatic nitrogens is 2. The van der Waals surface area contributed by atoms with Crippen molar-refractivity contribution in [1.82, 2.24) is 15.1 Å². The van der Waals surface area contributed by atoms with Crippen molar-refractivity contribution in [3.8, 4) is 0 Å². The van der Waals surface area contributed by atoms with Crippen molar-refractivity contribution < 1.29 is 0 Å². The summed E-state index contributed by atoms with van der Waals surface area (Å²) >= 11 is 13.7. The molecule has 3 nitrogen and oxygen atoms in total. The Bertz CT molecular complexity index is 536. The third-order valence-corrected chi connectivity index (χ3v) is 4.51. The van der Waals surface area contributed by atoms with Crippen LogP contribution in [0.4, 0.5) is 0 Å². The van der Waals surface area contributed by atoms with Gasteiger partial charge in [0.1, 0.15) is 0 Å². The van der Waals surface area contributed by atoms with Gasteiger partial charge in [-0.2, -0.15) is 5.10 Å². The number of aryl methyl sites for hydroxylation is 2. The van der Waals surface area contributed by atoms with Crippen molar-refractivity contribution in [1.29, 1.82) is 0 Å². The molecule has 6 heteroatoms. The third-order valence-electron chi connectivity index (χ3n) is 2.99. The summed E-state index contributed by atoms with van der Waals surface area (Å²) in [5, 5.41) is 7.65. The minimum Gasteiger partial charge on any atom is -0.310 e. The van der Waals surface area contributed by atoms with Crippen LogP contribution in [0, 0.1) is 0 Å². The quantitative estimate of drug-likeness (QED) is 0.870. The zero-order valence-corrected chi connectivity index (χ0v) is 13.3. The lowest BCUT2D eigenvalue weighted by atomic mass is 10.0. The molecule has 0 bridgehead atoms. The van der Waals surface area contributed by atoms with Crippen molar-refractivity contribution in [3.05, 3.63) is 38.3 Å². The number of rotatable bonds is 6. The molecule has 0 aliphatic heterocycles. The molecule has 0 aliphatic rings. The van der Waals surface area contributed by atoms with E-state index in [2.05, 4.69) is 17.3 Å². The topological polar surface area (TPSA) is 29.9 Å². The molecular weight excluding hydrogens is 301 g/mol. The van der Waals surface area contributed by atoms with Gasteiger partial charge in [0.15, 0.2) is 0 Å². The third kappa shape index (κ3) is 3.96. The molecule has 1 atom stereocenters. The van der Waals surface area contributed by atoms with Gasteiger partial charge in [-0.1, -0.05) is 30.1 Å². The average Bonchev–Trinajstić information content (AvgIpc) is 2.91. The molecule has 0 amide bonds. The van der Waals surface area contributed by atoms with Crippen molar-refractivity contribution in [2.45, 2.75) is 25.8 Å². The first-order chi connectivity index (χ1) is 9.10. The molecule has 104 valence electrons. The normalized spacial score (nSPS) is 12.8. The van der Waals surface area contributed by atoms with Crippen molar-refractivity contribution >= 4 is 34.5 Å². The van der Waals surface area contributed by atoms with Gasteiger partial charge in [0.25, 0.3) is 0 Å². The van der Waals surface area contributed by atoms with Gasteiger partial charge >= 0.3 is 0 Å². The van der Waals surface area contributed by atoms with Gasteiger partial charge in [-0.15, -0.1) is 11.3 Å². The van der Waals surface area contributed by atoms with E-state index < -0.39 is 0 Å². The smallest absolute Gasteiger partial charge is 0.0991 e. The number of nitrogens with one attached hydrogen (secondary N) is 1. The fourth-order valence-electron chi connectivity index (χ4n) is 2.12.